The van der Waals surface area contributed by atoms with Crippen LogP contribution >= 0.6 is 12.4 Å². The van der Waals surface area contributed by atoms with Gasteiger partial charge in [0.25, 0.3) is 0 Å². The quantitative estimate of drug-likeness (QED) is 0.717. The highest BCUT2D eigenvalue weighted by Gasteiger charge is 2.45. The van der Waals surface area contributed by atoms with Crippen LogP contribution < -0.4 is 0 Å². The number of rotatable bonds is 6. The summed E-state index contributed by atoms with van der Waals surface area (Å²) in [5.74, 6) is 0. The van der Waals surface area contributed by atoms with Crippen LogP contribution in [0, 0.1) is 13.8 Å². The van der Waals surface area contributed by atoms with Crippen LogP contribution in [-0.2, 0) is 12.0 Å². The molecule has 0 radical (unpaired) electrons. The smallest absolute Gasteiger partial charge is 0.0641 e. The minimum Gasteiger partial charge on any atom is -0.300 e. The van der Waals surface area contributed by atoms with Gasteiger partial charge in [0.15, 0.2) is 0 Å². The van der Waals surface area contributed by atoms with E-state index in [0.29, 0.717) is 11.5 Å². The Morgan fingerprint density at radius 1 is 0.964 bits per heavy atom. The highest BCUT2D eigenvalue weighted by molar-refractivity contribution is 5.85. The van der Waals surface area contributed by atoms with Crippen LogP contribution in [0.1, 0.15) is 55.2 Å². The van der Waals surface area contributed by atoms with Gasteiger partial charge in [0, 0.05) is 62.0 Å². The second-order valence-electron chi connectivity index (χ2n) is 8.89. The first-order chi connectivity index (χ1) is 13.0. The third kappa shape index (κ3) is 4.29. The molecule has 154 valence electrons. The molecule has 0 unspecified atom stereocenters. The molecule has 2 aliphatic rings. The molecule has 4 nitrogen and oxygen atoms in total. The van der Waals surface area contributed by atoms with Crippen molar-refractivity contribution in [1.29, 1.82) is 0 Å². The maximum atomic E-state index is 4.76. The second kappa shape index (κ2) is 8.56. The lowest BCUT2D eigenvalue weighted by molar-refractivity contribution is 0.118. The van der Waals surface area contributed by atoms with Crippen molar-refractivity contribution in [3.05, 3.63) is 52.8 Å². The summed E-state index contributed by atoms with van der Waals surface area (Å²) >= 11 is 0. The van der Waals surface area contributed by atoms with E-state index in [1.165, 1.54) is 49.4 Å². The number of aromatic nitrogens is 2. The molecule has 1 saturated heterocycles. The molecule has 4 rings (SSSR count). The standard InChI is InChI=1S/C23H34N4.ClH/c1-18(2)27-20(4)22(19(3)24-27)16-25-12-14-26(15-13-25)17-23(10-11-23)21-8-6-5-7-9-21;/h5-9,18H,10-17H2,1-4H3;1H. The molecule has 1 saturated carbocycles. The van der Waals surface area contributed by atoms with Gasteiger partial charge in [-0.1, -0.05) is 30.3 Å². The molecular formula is C23H35ClN4. The van der Waals surface area contributed by atoms with E-state index in [4.69, 9.17) is 5.10 Å². The van der Waals surface area contributed by atoms with Crippen LogP contribution in [0.25, 0.3) is 0 Å². The molecule has 2 aromatic rings. The van der Waals surface area contributed by atoms with Gasteiger partial charge in [0.1, 0.15) is 0 Å². The lowest BCUT2D eigenvalue weighted by Crippen LogP contribution is -2.48. The molecular weight excluding hydrogens is 368 g/mol. The summed E-state index contributed by atoms with van der Waals surface area (Å²) in [6, 6.07) is 11.6. The van der Waals surface area contributed by atoms with Crippen molar-refractivity contribution in [3.63, 3.8) is 0 Å². The Balaban J connectivity index is 0.00000225. The molecule has 0 N–H and O–H groups in total. The molecule has 1 aromatic carbocycles. The summed E-state index contributed by atoms with van der Waals surface area (Å²) in [5, 5.41) is 4.76. The van der Waals surface area contributed by atoms with Crippen molar-refractivity contribution in [3.8, 4) is 0 Å². The number of hydrogen-bond donors (Lipinski definition) is 0. The predicted octanol–water partition coefficient (Wildman–Crippen LogP) is 4.35. The lowest BCUT2D eigenvalue weighted by atomic mass is 9.95. The molecule has 0 bridgehead atoms. The zero-order chi connectivity index (χ0) is 19.0. The highest BCUT2D eigenvalue weighted by Crippen LogP contribution is 2.48. The third-order valence-corrected chi connectivity index (χ3v) is 6.58. The van der Waals surface area contributed by atoms with Crippen molar-refractivity contribution in [2.45, 2.75) is 58.5 Å². The van der Waals surface area contributed by atoms with E-state index in [1.54, 1.807) is 5.56 Å². The van der Waals surface area contributed by atoms with E-state index < -0.39 is 0 Å². The Kier molecular flexibility index (Phi) is 6.53. The van der Waals surface area contributed by atoms with E-state index >= 15 is 0 Å². The van der Waals surface area contributed by atoms with Crippen LogP contribution in [0.2, 0.25) is 0 Å². The number of hydrogen-bond acceptors (Lipinski definition) is 3. The van der Waals surface area contributed by atoms with E-state index in [-0.39, 0.29) is 12.4 Å². The van der Waals surface area contributed by atoms with Gasteiger partial charge in [0.05, 0.1) is 5.69 Å². The molecule has 0 spiro atoms. The van der Waals surface area contributed by atoms with Crippen LogP contribution in [0.5, 0.6) is 0 Å². The highest BCUT2D eigenvalue weighted by atomic mass is 35.5. The first kappa shape index (κ1) is 21.4. The van der Waals surface area contributed by atoms with Crippen LogP contribution in [0.15, 0.2) is 30.3 Å². The third-order valence-electron chi connectivity index (χ3n) is 6.58. The van der Waals surface area contributed by atoms with Crippen LogP contribution in [0.4, 0.5) is 0 Å². The number of aryl methyl sites for hydroxylation is 1. The minimum atomic E-state index is 0. The van der Waals surface area contributed by atoms with Gasteiger partial charge in [-0.25, -0.2) is 0 Å². The Morgan fingerprint density at radius 2 is 1.57 bits per heavy atom. The minimum absolute atomic E-state index is 0. The number of halogens is 1. The number of piperazine rings is 1. The fourth-order valence-corrected chi connectivity index (χ4v) is 4.67. The van der Waals surface area contributed by atoms with Crippen LogP contribution in [0.3, 0.4) is 0 Å². The van der Waals surface area contributed by atoms with Crippen molar-refractivity contribution in [1.82, 2.24) is 19.6 Å². The van der Waals surface area contributed by atoms with Gasteiger partial charge >= 0.3 is 0 Å². The van der Waals surface area contributed by atoms with Crippen molar-refractivity contribution >= 4 is 12.4 Å². The molecule has 2 heterocycles. The van der Waals surface area contributed by atoms with Gasteiger partial charge in [0.2, 0.25) is 0 Å². The lowest BCUT2D eigenvalue weighted by Gasteiger charge is -2.37. The van der Waals surface area contributed by atoms with E-state index in [1.807, 2.05) is 0 Å². The Labute approximate surface area is 176 Å². The molecule has 2 fully saturated rings. The predicted molar refractivity (Wildman–Crippen MR) is 118 cm³/mol. The Morgan fingerprint density at radius 3 is 2.11 bits per heavy atom. The molecule has 1 aliphatic carbocycles. The largest absolute Gasteiger partial charge is 0.300 e. The average molecular weight is 403 g/mol. The fraction of sp³-hybridized carbons (Fsp3) is 0.609. The molecule has 1 aliphatic heterocycles. The number of benzene rings is 1. The summed E-state index contributed by atoms with van der Waals surface area (Å²) in [6.45, 7) is 15.8. The van der Waals surface area contributed by atoms with Gasteiger partial charge in [-0.15, -0.1) is 12.4 Å². The summed E-state index contributed by atoms with van der Waals surface area (Å²) in [4.78, 5) is 5.30. The van der Waals surface area contributed by atoms with Gasteiger partial charge in [-0.2, -0.15) is 5.10 Å². The van der Waals surface area contributed by atoms with Gasteiger partial charge in [-0.05, 0) is 46.1 Å². The normalized spacial score (nSPS) is 19.6. The van der Waals surface area contributed by atoms with Crippen molar-refractivity contribution in [2.24, 2.45) is 0 Å². The zero-order valence-corrected chi connectivity index (χ0v) is 18.6. The van der Waals surface area contributed by atoms with E-state index in [9.17, 15) is 0 Å². The van der Waals surface area contributed by atoms with E-state index in [2.05, 4.69) is 72.5 Å². The van der Waals surface area contributed by atoms with Crippen LogP contribution in [-0.4, -0.2) is 52.3 Å². The first-order valence-electron chi connectivity index (χ1n) is 10.5. The monoisotopic (exact) mass is 402 g/mol. The van der Waals surface area contributed by atoms with Gasteiger partial charge < -0.3 is 0 Å². The van der Waals surface area contributed by atoms with Crippen molar-refractivity contribution < 1.29 is 0 Å². The van der Waals surface area contributed by atoms with E-state index in [0.717, 1.165) is 19.6 Å². The molecule has 28 heavy (non-hydrogen) atoms. The van der Waals surface area contributed by atoms with Crippen molar-refractivity contribution in [2.75, 3.05) is 32.7 Å². The summed E-state index contributed by atoms with van der Waals surface area (Å²) < 4.78 is 2.18. The summed E-state index contributed by atoms with van der Waals surface area (Å²) in [7, 11) is 0. The Hall–Kier alpha value is -1.36. The zero-order valence-electron chi connectivity index (χ0n) is 17.8. The number of nitrogens with zero attached hydrogens (tertiary/aromatic N) is 4. The second-order valence-corrected chi connectivity index (χ2v) is 8.89. The Bertz CT molecular complexity index is 771. The summed E-state index contributed by atoms with van der Waals surface area (Å²) in [5.41, 5.74) is 5.95. The molecule has 0 amide bonds. The summed E-state index contributed by atoms with van der Waals surface area (Å²) in [6.07, 6.45) is 2.70. The average Bonchev–Trinajstić information content (AvgIpc) is 3.40. The molecule has 5 heteroatoms. The molecule has 0 atom stereocenters. The maximum absolute atomic E-state index is 4.76. The maximum Gasteiger partial charge on any atom is 0.0641 e. The molecule has 1 aromatic heterocycles. The SMILES string of the molecule is Cc1nn(C(C)C)c(C)c1CN1CCN(CC2(c3ccccc3)CC2)CC1.Cl. The van der Waals surface area contributed by atoms with Gasteiger partial charge in [-0.3, -0.25) is 14.5 Å². The fourth-order valence-electron chi connectivity index (χ4n) is 4.67. The topological polar surface area (TPSA) is 24.3 Å². The first-order valence-corrected chi connectivity index (χ1v) is 10.5.